The summed E-state index contributed by atoms with van der Waals surface area (Å²) in [6, 6.07) is 0. The van der Waals surface area contributed by atoms with Crippen LogP contribution in [0.5, 0.6) is 0 Å². The van der Waals surface area contributed by atoms with Crippen LogP contribution in [0.15, 0.2) is 11.6 Å². The largest absolute Gasteiger partial charge is 0.385 e. The molecule has 0 aromatic rings. The summed E-state index contributed by atoms with van der Waals surface area (Å²) in [7, 11) is 1.63. The molecule has 0 heterocycles. The molecule has 21 heavy (non-hydrogen) atoms. The molecule has 1 aliphatic rings. The lowest BCUT2D eigenvalue weighted by Gasteiger charge is -2.20. The minimum absolute atomic E-state index is 0.0729. The molecular weight excluding hydrogens is 268 g/mol. The van der Waals surface area contributed by atoms with Crippen molar-refractivity contribution in [1.29, 1.82) is 0 Å². The number of rotatable bonds is 9. The van der Waals surface area contributed by atoms with Gasteiger partial charge in [-0.15, -0.1) is 0 Å². The Morgan fingerprint density at radius 3 is 2.81 bits per heavy atom. The first kappa shape index (κ1) is 17.7. The van der Waals surface area contributed by atoms with Crippen LogP contribution in [0.25, 0.3) is 0 Å². The van der Waals surface area contributed by atoms with Crippen molar-refractivity contribution in [2.75, 3.05) is 33.4 Å². The summed E-state index contributed by atoms with van der Waals surface area (Å²) < 4.78 is 4.96. The summed E-state index contributed by atoms with van der Waals surface area (Å²) >= 11 is 0. The Balaban J connectivity index is 2.23. The maximum atomic E-state index is 11.9. The van der Waals surface area contributed by atoms with Crippen LogP contribution in [-0.2, 0) is 14.3 Å². The second kappa shape index (κ2) is 10.4. The molecule has 0 fully saturated rings. The summed E-state index contributed by atoms with van der Waals surface area (Å²) in [5.41, 5.74) is 1.45. The number of amides is 2. The molecule has 2 amide bonds. The molecule has 0 bridgehead atoms. The van der Waals surface area contributed by atoms with Gasteiger partial charge in [-0.2, -0.15) is 0 Å². The van der Waals surface area contributed by atoms with Crippen molar-refractivity contribution in [3.63, 3.8) is 0 Å². The van der Waals surface area contributed by atoms with Crippen LogP contribution in [0.4, 0.5) is 0 Å². The second-order valence-electron chi connectivity index (χ2n) is 5.50. The molecule has 0 saturated heterocycles. The number of hydrogen-bond acceptors (Lipinski definition) is 3. The molecule has 0 aliphatic heterocycles. The van der Waals surface area contributed by atoms with Crippen molar-refractivity contribution in [3.8, 4) is 0 Å². The van der Waals surface area contributed by atoms with Crippen LogP contribution in [0, 0.1) is 0 Å². The number of ether oxygens (including phenoxy) is 1. The molecule has 5 nitrogen and oxygen atoms in total. The van der Waals surface area contributed by atoms with Gasteiger partial charge in [0.25, 0.3) is 0 Å². The molecule has 0 unspecified atom stereocenters. The van der Waals surface area contributed by atoms with Crippen molar-refractivity contribution >= 4 is 11.8 Å². The van der Waals surface area contributed by atoms with Gasteiger partial charge in [-0.05, 0) is 38.5 Å². The molecule has 0 atom stereocenters. The fourth-order valence-electron chi connectivity index (χ4n) is 2.47. The van der Waals surface area contributed by atoms with Gasteiger partial charge in [-0.25, -0.2) is 0 Å². The lowest BCUT2D eigenvalue weighted by molar-refractivity contribution is -0.134. The molecule has 0 aromatic carbocycles. The first-order chi connectivity index (χ1) is 10.1. The van der Waals surface area contributed by atoms with Crippen molar-refractivity contribution in [1.82, 2.24) is 10.2 Å². The molecule has 1 rings (SSSR count). The number of allylic oxidation sites excluding steroid dienone is 1. The minimum atomic E-state index is -0.0842. The van der Waals surface area contributed by atoms with Gasteiger partial charge in [0.2, 0.25) is 11.8 Å². The number of nitrogens with one attached hydrogen (secondary N) is 1. The first-order valence-electron chi connectivity index (χ1n) is 7.82. The van der Waals surface area contributed by atoms with Crippen LogP contribution in [0.1, 0.15) is 45.4 Å². The molecular formula is C16H28N2O3. The highest BCUT2D eigenvalue weighted by atomic mass is 16.5. The maximum absolute atomic E-state index is 11.9. The van der Waals surface area contributed by atoms with E-state index in [9.17, 15) is 9.59 Å². The molecule has 0 radical (unpaired) electrons. The van der Waals surface area contributed by atoms with Crippen LogP contribution in [-0.4, -0.2) is 50.1 Å². The second-order valence-corrected chi connectivity index (χ2v) is 5.50. The Morgan fingerprint density at radius 2 is 2.19 bits per heavy atom. The Kier molecular flexibility index (Phi) is 8.74. The summed E-state index contributed by atoms with van der Waals surface area (Å²) in [5, 5.41) is 2.90. The van der Waals surface area contributed by atoms with Gasteiger partial charge >= 0.3 is 0 Å². The van der Waals surface area contributed by atoms with E-state index < -0.39 is 0 Å². The number of methoxy groups -OCH3 is 1. The third-order valence-corrected chi connectivity index (χ3v) is 3.71. The van der Waals surface area contributed by atoms with E-state index in [1.807, 2.05) is 0 Å². The zero-order valence-corrected chi connectivity index (χ0v) is 13.3. The van der Waals surface area contributed by atoms with Gasteiger partial charge < -0.3 is 15.0 Å². The number of nitrogens with zero attached hydrogens (tertiary/aromatic N) is 1. The fourth-order valence-corrected chi connectivity index (χ4v) is 2.47. The van der Waals surface area contributed by atoms with E-state index in [2.05, 4.69) is 11.4 Å². The van der Waals surface area contributed by atoms with Crippen LogP contribution in [0.2, 0.25) is 0 Å². The molecule has 1 N–H and O–H groups in total. The Bertz CT molecular complexity index is 367. The van der Waals surface area contributed by atoms with Gasteiger partial charge in [0.1, 0.15) is 0 Å². The Labute approximate surface area is 127 Å². The average Bonchev–Trinajstić information content (AvgIpc) is 2.47. The summed E-state index contributed by atoms with van der Waals surface area (Å²) in [6.45, 7) is 3.45. The molecule has 5 heteroatoms. The topological polar surface area (TPSA) is 58.6 Å². The van der Waals surface area contributed by atoms with E-state index in [4.69, 9.17) is 4.74 Å². The van der Waals surface area contributed by atoms with Gasteiger partial charge in [0, 0.05) is 33.7 Å². The lowest BCUT2D eigenvalue weighted by atomic mass is 9.97. The highest BCUT2D eigenvalue weighted by molar-refractivity contribution is 5.83. The van der Waals surface area contributed by atoms with E-state index >= 15 is 0 Å². The first-order valence-corrected chi connectivity index (χ1v) is 7.82. The molecule has 0 spiro atoms. The SMILES string of the molecule is COCCCN(CC(=O)NCCC1=CCCCC1)C(C)=O. The summed E-state index contributed by atoms with van der Waals surface area (Å²) in [6.07, 6.45) is 8.84. The predicted octanol–water partition coefficient (Wildman–Crippen LogP) is 1.88. The van der Waals surface area contributed by atoms with Gasteiger partial charge in [-0.3, -0.25) is 9.59 Å². The summed E-state index contributed by atoms with van der Waals surface area (Å²) in [5.74, 6) is -0.157. The zero-order valence-electron chi connectivity index (χ0n) is 13.3. The highest BCUT2D eigenvalue weighted by Gasteiger charge is 2.13. The lowest BCUT2D eigenvalue weighted by Crippen LogP contribution is -2.40. The van der Waals surface area contributed by atoms with E-state index in [-0.39, 0.29) is 18.4 Å². The van der Waals surface area contributed by atoms with Crippen molar-refractivity contribution in [2.45, 2.75) is 45.4 Å². The minimum Gasteiger partial charge on any atom is -0.385 e. The molecule has 0 aromatic heterocycles. The van der Waals surface area contributed by atoms with Crippen molar-refractivity contribution < 1.29 is 14.3 Å². The van der Waals surface area contributed by atoms with Gasteiger partial charge in [0.05, 0.1) is 6.54 Å². The van der Waals surface area contributed by atoms with Crippen LogP contribution >= 0.6 is 0 Å². The Morgan fingerprint density at radius 1 is 1.38 bits per heavy atom. The van der Waals surface area contributed by atoms with Gasteiger partial charge in [0.15, 0.2) is 0 Å². The normalized spacial score (nSPS) is 14.5. The average molecular weight is 296 g/mol. The smallest absolute Gasteiger partial charge is 0.239 e. The van der Waals surface area contributed by atoms with Crippen molar-refractivity contribution in [2.24, 2.45) is 0 Å². The maximum Gasteiger partial charge on any atom is 0.239 e. The number of carbonyl (C=O) groups is 2. The zero-order chi connectivity index (χ0) is 15.5. The number of carbonyl (C=O) groups excluding carboxylic acids is 2. The monoisotopic (exact) mass is 296 g/mol. The van der Waals surface area contributed by atoms with E-state index in [1.165, 1.54) is 31.8 Å². The van der Waals surface area contributed by atoms with Crippen LogP contribution < -0.4 is 5.32 Å². The van der Waals surface area contributed by atoms with Crippen molar-refractivity contribution in [3.05, 3.63) is 11.6 Å². The third-order valence-electron chi connectivity index (χ3n) is 3.71. The van der Waals surface area contributed by atoms with Gasteiger partial charge in [-0.1, -0.05) is 11.6 Å². The fraction of sp³-hybridized carbons (Fsp3) is 0.750. The van der Waals surface area contributed by atoms with E-state index in [0.29, 0.717) is 19.7 Å². The number of hydrogen-bond donors (Lipinski definition) is 1. The summed E-state index contributed by atoms with van der Waals surface area (Å²) in [4.78, 5) is 24.9. The highest BCUT2D eigenvalue weighted by Crippen LogP contribution is 2.19. The standard InChI is InChI=1S/C16H28N2O3/c1-14(19)18(11-6-12-21-2)13-16(20)17-10-9-15-7-4-3-5-8-15/h7H,3-6,8-13H2,1-2H3,(H,17,20). The quantitative estimate of drug-likeness (QED) is 0.522. The molecule has 120 valence electrons. The Hall–Kier alpha value is -1.36. The third kappa shape index (κ3) is 7.85. The van der Waals surface area contributed by atoms with E-state index in [0.717, 1.165) is 19.3 Å². The predicted molar refractivity (Wildman–Crippen MR) is 82.9 cm³/mol. The van der Waals surface area contributed by atoms with Crippen LogP contribution in [0.3, 0.4) is 0 Å². The molecule has 0 saturated carbocycles. The van der Waals surface area contributed by atoms with E-state index in [1.54, 1.807) is 12.0 Å². The molecule has 1 aliphatic carbocycles.